The summed E-state index contributed by atoms with van der Waals surface area (Å²) in [6, 6.07) is 16.4. The van der Waals surface area contributed by atoms with E-state index in [1.165, 1.54) is 0 Å². The number of unbranched alkanes of at least 4 members (excludes halogenated alkanes) is 1. The van der Waals surface area contributed by atoms with Crippen LogP contribution in [0.15, 0.2) is 54.1 Å². The second-order valence-corrected chi connectivity index (χ2v) is 6.19. The van der Waals surface area contributed by atoms with Crippen LogP contribution in [-0.2, 0) is 11.3 Å². The quantitative estimate of drug-likeness (QED) is 0.415. The monoisotopic (exact) mass is 368 g/mol. The van der Waals surface area contributed by atoms with Gasteiger partial charge in [0.2, 0.25) is 0 Å². The van der Waals surface area contributed by atoms with Gasteiger partial charge in [0, 0.05) is 11.6 Å². The molecule has 2 aromatic rings. The van der Waals surface area contributed by atoms with Crippen LogP contribution in [0.2, 0.25) is 5.02 Å². The van der Waals surface area contributed by atoms with Crippen molar-refractivity contribution in [2.24, 2.45) is 0 Å². The predicted molar refractivity (Wildman–Crippen MR) is 104 cm³/mol. The molecular weight excluding hydrogens is 348 g/mol. The molecule has 1 amide bonds. The van der Waals surface area contributed by atoms with Crippen LogP contribution in [0.25, 0.3) is 6.08 Å². The average molecular weight is 369 g/mol. The van der Waals surface area contributed by atoms with Gasteiger partial charge in [0.05, 0.1) is 6.61 Å². The van der Waals surface area contributed by atoms with E-state index >= 15 is 0 Å². The molecule has 1 N–H and O–H groups in total. The van der Waals surface area contributed by atoms with Crippen LogP contribution < -0.4 is 10.1 Å². The highest BCUT2D eigenvalue weighted by Crippen LogP contribution is 2.15. The topological polar surface area (TPSA) is 62.1 Å². The first kappa shape index (κ1) is 19.6. The molecule has 0 atom stereocenters. The number of carbonyl (C=O) groups is 1. The first-order valence-electron chi connectivity index (χ1n) is 8.49. The fraction of sp³-hybridized carbons (Fsp3) is 0.238. The van der Waals surface area contributed by atoms with Gasteiger partial charge in [0.15, 0.2) is 0 Å². The van der Waals surface area contributed by atoms with Gasteiger partial charge in [-0.3, -0.25) is 4.79 Å². The maximum Gasteiger partial charge on any atom is 0.262 e. The van der Waals surface area contributed by atoms with E-state index in [-0.39, 0.29) is 5.57 Å². The Balaban J connectivity index is 1.96. The third kappa shape index (κ3) is 6.27. The Kier molecular flexibility index (Phi) is 7.73. The molecule has 0 saturated heterocycles. The largest absolute Gasteiger partial charge is 0.494 e. The third-order valence-corrected chi connectivity index (χ3v) is 3.94. The van der Waals surface area contributed by atoms with Gasteiger partial charge in [-0.25, -0.2) is 0 Å². The Bertz CT molecular complexity index is 790. The lowest BCUT2D eigenvalue weighted by Crippen LogP contribution is -2.23. The molecule has 0 spiro atoms. The van der Waals surface area contributed by atoms with Gasteiger partial charge in [-0.05, 0) is 47.9 Å². The first-order valence-corrected chi connectivity index (χ1v) is 8.87. The molecule has 134 valence electrons. The first-order chi connectivity index (χ1) is 12.6. The van der Waals surface area contributed by atoms with Crippen molar-refractivity contribution >= 4 is 23.6 Å². The van der Waals surface area contributed by atoms with Crippen LogP contribution in [0.4, 0.5) is 0 Å². The van der Waals surface area contributed by atoms with Crippen LogP contribution in [0, 0.1) is 11.3 Å². The maximum absolute atomic E-state index is 12.2. The van der Waals surface area contributed by atoms with Crippen LogP contribution in [0.1, 0.15) is 30.9 Å². The lowest BCUT2D eigenvalue weighted by Gasteiger charge is -2.06. The highest BCUT2D eigenvalue weighted by molar-refractivity contribution is 6.30. The van der Waals surface area contributed by atoms with Gasteiger partial charge >= 0.3 is 0 Å². The number of benzene rings is 2. The fourth-order valence-electron chi connectivity index (χ4n) is 2.19. The Morgan fingerprint density at radius 2 is 1.88 bits per heavy atom. The number of hydrogen-bond donors (Lipinski definition) is 1. The predicted octanol–water partition coefficient (Wildman–Crippen LogP) is 4.74. The normalized spacial score (nSPS) is 10.9. The summed E-state index contributed by atoms with van der Waals surface area (Å²) < 4.78 is 5.60. The van der Waals surface area contributed by atoms with Crippen molar-refractivity contribution in [1.82, 2.24) is 5.32 Å². The Morgan fingerprint density at radius 1 is 1.19 bits per heavy atom. The number of amides is 1. The van der Waals surface area contributed by atoms with Gasteiger partial charge in [-0.15, -0.1) is 0 Å². The smallest absolute Gasteiger partial charge is 0.262 e. The average Bonchev–Trinajstić information content (AvgIpc) is 2.67. The summed E-state index contributed by atoms with van der Waals surface area (Å²) in [5, 5.41) is 12.6. The molecule has 0 aromatic heterocycles. The van der Waals surface area contributed by atoms with Gasteiger partial charge in [-0.1, -0.05) is 49.2 Å². The molecule has 2 rings (SSSR count). The lowest BCUT2D eigenvalue weighted by molar-refractivity contribution is -0.117. The molecule has 26 heavy (non-hydrogen) atoms. The van der Waals surface area contributed by atoms with Gasteiger partial charge in [0.25, 0.3) is 5.91 Å². The summed E-state index contributed by atoms with van der Waals surface area (Å²) in [6.07, 6.45) is 3.65. The molecule has 5 heteroatoms. The SMILES string of the molecule is CCCCOc1ccc(/C=C(/C#N)C(=O)NCc2ccc(Cl)cc2)cc1. The van der Waals surface area contributed by atoms with E-state index in [1.54, 1.807) is 18.2 Å². The van der Waals surface area contributed by atoms with Crippen molar-refractivity contribution in [2.45, 2.75) is 26.3 Å². The minimum absolute atomic E-state index is 0.0543. The molecular formula is C21H21ClN2O2. The molecule has 0 saturated carbocycles. The van der Waals surface area contributed by atoms with Gasteiger partial charge in [0.1, 0.15) is 17.4 Å². The number of halogens is 1. The van der Waals surface area contributed by atoms with Crippen molar-refractivity contribution in [3.8, 4) is 11.8 Å². The molecule has 0 bridgehead atoms. The fourth-order valence-corrected chi connectivity index (χ4v) is 2.32. The molecule has 0 unspecified atom stereocenters. The Hall–Kier alpha value is -2.77. The zero-order valence-electron chi connectivity index (χ0n) is 14.7. The summed E-state index contributed by atoms with van der Waals surface area (Å²) in [5.74, 6) is 0.368. The molecule has 0 radical (unpaired) electrons. The van der Waals surface area contributed by atoms with Crippen LogP contribution in [0.3, 0.4) is 0 Å². The maximum atomic E-state index is 12.2. The van der Waals surface area contributed by atoms with Crippen LogP contribution >= 0.6 is 11.6 Å². The highest BCUT2D eigenvalue weighted by Gasteiger charge is 2.09. The van der Waals surface area contributed by atoms with Crippen LogP contribution in [0.5, 0.6) is 5.75 Å². The van der Waals surface area contributed by atoms with Crippen LogP contribution in [-0.4, -0.2) is 12.5 Å². The minimum Gasteiger partial charge on any atom is -0.494 e. The summed E-state index contributed by atoms with van der Waals surface area (Å²) in [5.41, 5.74) is 1.73. The summed E-state index contributed by atoms with van der Waals surface area (Å²) >= 11 is 5.84. The van der Waals surface area contributed by atoms with Gasteiger partial charge in [-0.2, -0.15) is 5.26 Å². The second-order valence-electron chi connectivity index (χ2n) is 5.75. The van der Waals surface area contributed by atoms with Crippen molar-refractivity contribution in [3.63, 3.8) is 0 Å². The third-order valence-electron chi connectivity index (χ3n) is 3.69. The number of nitrogens with zero attached hydrogens (tertiary/aromatic N) is 1. The van der Waals surface area contributed by atoms with Crippen molar-refractivity contribution in [3.05, 3.63) is 70.3 Å². The van der Waals surface area contributed by atoms with E-state index in [1.807, 2.05) is 42.5 Å². The highest BCUT2D eigenvalue weighted by atomic mass is 35.5. The number of nitrogens with one attached hydrogen (secondary N) is 1. The van der Waals surface area contributed by atoms with Gasteiger partial charge < -0.3 is 10.1 Å². The summed E-state index contributed by atoms with van der Waals surface area (Å²) in [6.45, 7) is 3.13. The van der Waals surface area contributed by atoms with E-state index in [0.717, 1.165) is 29.7 Å². The summed E-state index contributed by atoms with van der Waals surface area (Å²) in [4.78, 5) is 12.2. The number of carbonyl (C=O) groups excluding carboxylic acids is 1. The number of ether oxygens (including phenoxy) is 1. The molecule has 0 fully saturated rings. The van der Waals surface area contributed by atoms with E-state index in [2.05, 4.69) is 12.2 Å². The number of hydrogen-bond acceptors (Lipinski definition) is 3. The summed E-state index contributed by atoms with van der Waals surface area (Å²) in [7, 11) is 0. The van der Waals surface area contributed by atoms with E-state index in [9.17, 15) is 10.1 Å². The van der Waals surface area contributed by atoms with Crippen molar-refractivity contribution < 1.29 is 9.53 Å². The number of nitriles is 1. The Labute approximate surface area is 159 Å². The molecule has 2 aromatic carbocycles. The Morgan fingerprint density at radius 3 is 2.50 bits per heavy atom. The minimum atomic E-state index is -0.411. The van der Waals surface area contributed by atoms with E-state index in [4.69, 9.17) is 16.3 Å². The zero-order valence-corrected chi connectivity index (χ0v) is 15.4. The molecule has 0 aliphatic rings. The van der Waals surface area contributed by atoms with E-state index in [0.29, 0.717) is 18.2 Å². The molecule has 4 nitrogen and oxygen atoms in total. The van der Waals surface area contributed by atoms with Crippen molar-refractivity contribution in [1.29, 1.82) is 5.26 Å². The van der Waals surface area contributed by atoms with Crippen molar-refractivity contribution in [2.75, 3.05) is 6.61 Å². The number of rotatable bonds is 8. The molecule has 0 heterocycles. The molecule has 0 aliphatic heterocycles. The second kappa shape index (κ2) is 10.3. The lowest BCUT2D eigenvalue weighted by atomic mass is 10.1. The molecule has 0 aliphatic carbocycles. The standard InChI is InChI=1S/C21H21ClN2O2/c1-2-3-12-26-20-10-6-16(7-11-20)13-18(14-23)21(25)24-15-17-4-8-19(22)9-5-17/h4-11,13H,2-3,12,15H2,1H3,(H,24,25)/b18-13-. The zero-order chi connectivity index (χ0) is 18.8. The van der Waals surface area contributed by atoms with E-state index < -0.39 is 5.91 Å².